The summed E-state index contributed by atoms with van der Waals surface area (Å²) >= 11 is 1.36. The number of methoxy groups -OCH3 is 1. The minimum absolute atomic E-state index is 0.0353. The topological polar surface area (TPSA) is 109 Å². The highest BCUT2D eigenvalue weighted by Crippen LogP contribution is 2.34. The van der Waals surface area contributed by atoms with Gasteiger partial charge in [-0.15, -0.1) is 0 Å². The van der Waals surface area contributed by atoms with Gasteiger partial charge in [-0.25, -0.2) is 9.78 Å². The Bertz CT molecular complexity index is 1180. The molecule has 0 N–H and O–H groups in total. The van der Waals surface area contributed by atoms with Gasteiger partial charge in [-0.1, -0.05) is 30.8 Å². The Labute approximate surface area is 189 Å². The van der Waals surface area contributed by atoms with Gasteiger partial charge in [0.1, 0.15) is 0 Å². The van der Waals surface area contributed by atoms with Crippen molar-refractivity contribution >= 4 is 28.6 Å². The zero-order valence-electron chi connectivity index (χ0n) is 18.5. The number of aromatic nitrogens is 4. The van der Waals surface area contributed by atoms with Crippen LogP contribution in [-0.2, 0) is 16.0 Å². The summed E-state index contributed by atoms with van der Waals surface area (Å²) < 4.78 is 17.7. The molecule has 1 aliphatic heterocycles. The van der Waals surface area contributed by atoms with Crippen molar-refractivity contribution in [2.75, 3.05) is 13.7 Å². The van der Waals surface area contributed by atoms with Crippen LogP contribution in [0.1, 0.15) is 66.9 Å². The molecule has 1 saturated heterocycles. The maximum atomic E-state index is 13.4. The molecular weight excluding hydrogens is 432 g/mol. The van der Waals surface area contributed by atoms with E-state index < -0.39 is 5.97 Å². The molecule has 3 aromatic rings. The molecule has 0 aliphatic carbocycles. The summed E-state index contributed by atoms with van der Waals surface area (Å²) in [7, 11) is 1.32. The molecule has 0 radical (unpaired) electrons. The second kappa shape index (κ2) is 9.41. The smallest absolute Gasteiger partial charge is 0.337 e. The van der Waals surface area contributed by atoms with E-state index in [2.05, 4.69) is 10.1 Å². The van der Waals surface area contributed by atoms with Gasteiger partial charge in [0, 0.05) is 12.5 Å². The minimum Gasteiger partial charge on any atom is -0.465 e. The van der Waals surface area contributed by atoms with Crippen LogP contribution in [0.15, 0.2) is 32.7 Å². The van der Waals surface area contributed by atoms with E-state index in [1.807, 2.05) is 20.8 Å². The third kappa shape index (κ3) is 4.56. The lowest BCUT2D eigenvalue weighted by Crippen LogP contribution is -2.29. The number of benzene rings is 1. The number of carbonyl (C=O) groups excluding carboxylic acids is 1. The molecule has 4 rings (SSSR count). The van der Waals surface area contributed by atoms with Gasteiger partial charge >= 0.3 is 5.97 Å². The van der Waals surface area contributed by atoms with Crippen molar-refractivity contribution in [1.29, 1.82) is 0 Å². The molecule has 0 amide bonds. The first-order valence-corrected chi connectivity index (χ1v) is 11.5. The monoisotopic (exact) mass is 458 g/mol. The van der Waals surface area contributed by atoms with Gasteiger partial charge in [-0.2, -0.15) is 4.98 Å². The predicted molar refractivity (Wildman–Crippen MR) is 119 cm³/mol. The Kier molecular flexibility index (Phi) is 6.61. The van der Waals surface area contributed by atoms with Gasteiger partial charge in [0.25, 0.3) is 5.56 Å². The van der Waals surface area contributed by atoms with Crippen LogP contribution in [-0.4, -0.2) is 45.5 Å². The molecule has 0 spiro atoms. The first-order valence-electron chi connectivity index (χ1n) is 10.6. The third-order valence-corrected chi connectivity index (χ3v) is 6.43. The SMILES string of the molecule is COC(=O)c1ccc2c(=O)n(C[C@H]3CCCO3)c(S[C@H](C)c3nc(C(C)C)no3)nc2c1. The largest absolute Gasteiger partial charge is 0.465 e. The van der Waals surface area contributed by atoms with Crippen LogP contribution in [0.5, 0.6) is 0 Å². The molecule has 1 fully saturated rings. The second-order valence-corrected chi connectivity index (χ2v) is 9.38. The van der Waals surface area contributed by atoms with Gasteiger partial charge in [0.2, 0.25) is 5.89 Å². The summed E-state index contributed by atoms with van der Waals surface area (Å²) in [6.07, 6.45) is 1.83. The maximum absolute atomic E-state index is 13.4. The summed E-state index contributed by atoms with van der Waals surface area (Å²) in [4.78, 5) is 34.6. The summed E-state index contributed by atoms with van der Waals surface area (Å²) in [5, 5.41) is 4.76. The van der Waals surface area contributed by atoms with E-state index in [9.17, 15) is 9.59 Å². The quantitative estimate of drug-likeness (QED) is 0.297. The van der Waals surface area contributed by atoms with E-state index in [4.69, 9.17) is 19.0 Å². The van der Waals surface area contributed by atoms with Gasteiger partial charge in [0.15, 0.2) is 11.0 Å². The van der Waals surface area contributed by atoms with Crippen LogP contribution < -0.4 is 5.56 Å². The molecular formula is C22H26N4O5S. The fourth-order valence-electron chi connectivity index (χ4n) is 3.54. The molecule has 9 nitrogen and oxygen atoms in total. The first kappa shape index (κ1) is 22.5. The van der Waals surface area contributed by atoms with E-state index in [1.165, 1.54) is 18.9 Å². The van der Waals surface area contributed by atoms with Crippen molar-refractivity contribution < 1.29 is 18.8 Å². The highest BCUT2D eigenvalue weighted by Gasteiger charge is 2.24. The van der Waals surface area contributed by atoms with Crippen LogP contribution in [0.25, 0.3) is 10.9 Å². The van der Waals surface area contributed by atoms with Crippen LogP contribution in [0.2, 0.25) is 0 Å². The molecule has 0 bridgehead atoms. The van der Waals surface area contributed by atoms with Gasteiger partial charge < -0.3 is 14.0 Å². The number of carbonyl (C=O) groups is 1. The maximum Gasteiger partial charge on any atom is 0.337 e. The van der Waals surface area contributed by atoms with Crippen LogP contribution in [0, 0.1) is 0 Å². The molecule has 2 atom stereocenters. The van der Waals surface area contributed by atoms with E-state index in [0.29, 0.717) is 46.5 Å². The number of fused-ring (bicyclic) bond motifs is 1. The summed E-state index contributed by atoms with van der Waals surface area (Å²) in [6, 6.07) is 4.78. The molecule has 3 heterocycles. The number of thioether (sulfide) groups is 1. The standard InChI is InChI=1S/C22H26N4O5S/c1-12(2)18-24-19(31-25-18)13(3)32-22-23-17-10-14(21(28)29-4)7-8-16(17)20(27)26(22)11-15-6-5-9-30-15/h7-8,10,12-13,15H,5-6,9,11H2,1-4H3/t13-,15-/m1/s1. The lowest BCUT2D eigenvalue weighted by Gasteiger charge is -2.17. The number of esters is 1. The fraction of sp³-hybridized carbons (Fsp3) is 0.500. The normalized spacial score (nSPS) is 17.2. The zero-order chi connectivity index (χ0) is 22.8. The van der Waals surface area contributed by atoms with Crippen LogP contribution in [0.4, 0.5) is 0 Å². The number of ether oxygens (including phenoxy) is 2. The summed E-state index contributed by atoms with van der Waals surface area (Å²) in [6.45, 7) is 7.03. The van der Waals surface area contributed by atoms with Gasteiger partial charge in [-0.05, 0) is 38.0 Å². The average molecular weight is 459 g/mol. The predicted octanol–water partition coefficient (Wildman–Crippen LogP) is 3.72. The van der Waals surface area contributed by atoms with Crippen LogP contribution >= 0.6 is 11.8 Å². The Morgan fingerprint density at radius 3 is 2.78 bits per heavy atom. The lowest BCUT2D eigenvalue weighted by molar-refractivity contribution is 0.0601. The van der Waals surface area contributed by atoms with Crippen LogP contribution in [0.3, 0.4) is 0 Å². The number of nitrogens with zero attached hydrogens (tertiary/aromatic N) is 4. The van der Waals surface area contributed by atoms with Crippen molar-refractivity contribution in [2.24, 2.45) is 0 Å². The number of rotatable bonds is 7. The summed E-state index contributed by atoms with van der Waals surface area (Å²) in [5.74, 6) is 0.781. The molecule has 170 valence electrons. The van der Waals surface area contributed by atoms with Crippen molar-refractivity contribution in [3.63, 3.8) is 0 Å². The third-order valence-electron chi connectivity index (χ3n) is 5.36. The lowest BCUT2D eigenvalue weighted by atomic mass is 10.1. The molecule has 10 heteroatoms. The Morgan fingerprint density at radius 1 is 1.31 bits per heavy atom. The Morgan fingerprint density at radius 2 is 2.12 bits per heavy atom. The van der Waals surface area contributed by atoms with E-state index in [-0.39, 0.29) is 22.8 Å². The van der Waals surface area contributed by atoms with Crippen molar-refractivity contribution in [1.82, 2.24) is 19.7 Å². The Hall–Kier alpha value is -2.72. The van der Waals surface area contributed by atoms with E-state index >= 15 is 0 Å². The summed E-state index contributed by atoms with van der Waals surface area (Å²) in [5.41, 5.74) is 0.598. The Balaban J connectivity index is 1.75. The van der Waals surface area contributed by atoms with Crippen molar-refractivity contribution in [3.8, 4) is 0 Å². The van der Waals surface area contributed by atoms with E-state index in [1.54, 1.807) is 22.8 Å². The molecule has 0 saturated carbocycles. The first-order chi connectivity index (χ1) is 15.4. The molecule has 1 aliphatic rings. The average Bonchev–Trinajstić information content (AvgIpc) is 3.47. The second-order valence-electron chi connectivity index (χ2n) is 8.07. The van der Waals surface area contributed by atoms with Crippen molar-refractivity contribution in [3.05, 3.63) is 45.8 Å². The molecule has 2 aromatic heterocycles. The number of hydrogen-bond acceptors (Lipinski definition) is 9. The molecule has 32 heavy (non-hydrogen) atoms. The van der Waals surface area contributed by atoms with Gasteiger partial charge in [-0.3, -0.25) is 9.36 Å². The molecule has 0 unspecified atom stereocenters. The number of hydrogen-bond donors (Lipinski definition) is 0. The highest BCUT2D eigenvalue weighted by atomic mass is 32.2. The van der Waals surface area contributed by atoms with E-state index in [0.717, 1.165) is 12.8 Å². The fourth-order valence-corrected chi connectivity index (χ4v) is 4.49. The highest BCUT2D eigenvalue weighted by molar-refractivity contribution is 7.99. The van der Waals surface area contributed by atoms with Gasteiger partial charge in [0.05, 0.1) is 41.5 Å². The molecule has 1 aromatic carbocycles. The van der Waals surface area contributed by atoms with Crippen molar-refractivity contribution in [2.45, 2.75) is 62.6 Å². The zero-order valence-corrected chi connectivity index (χ0v) is 19.3. The minimum atomic E-state index is -0.480.